The van der Waals surface area contributed by atoms with Gasteiger partial charge in [0.05, 0.1) is 0 Å². The maximum atomic E-state index is 3.53. The van der Waals surface area contributed by atoms with Crippen LogP contribution in [0.4, 0.5) is 0 Å². The zero-order valence-electron chi connectivity index (χ0n) is 9.19. The van der Waals surface area contributed by atoms with Crippen molar-refractivity contribution in [3.8, 4) is 0 Å². The fourth-order valence-electron chi connectivity index (χ4n) is 1.55. The molecule has 0 aromatic heterocycles. The van der Waals surface area contributed by atoms with E-state index in [1.165, 1.54) is 20.1 Å². The zero-order valence-corrected chi connectivity index (χ0v) is 12.4. The molecule has 1 aliphatic carbocycles. The van der Waals surface area contributed by atoms with Crippen molar-refractivity contribution in [2.75, 3.05) is 0 Å². The van der Waals surface area contributed by atoms with Crippen molar-refractivity contribution < 1.29 is 0 Å². The molecular weight excluding hydrogens is 316 g/mol. The lowest BCUT2D eigenvalue weighted by Crippen LogP contribution is -1.93. The Morgan fingerprint density at radius 2 is 2.07 bits per heavy atom. The van der Waals surface area contributed by atoms with E-state index in [1.807, 2.05) is 0 Å². The first-order valence-electron chi connectivity index (χ1n) is 5.22. The van der Waals surface area contributed by atoms with Gasteiger partial charge in [0.1, 0.15) is 0 Å². The minimum atomic E-state index is 1.09. The zero-order chi connectivity index (χ0) is 11.3. The summed E-state index contributed by atoms with van der Waals surface area (Å²) in [5, 5.41) is 0. The van der Waals surface area contributed by atoms with E-state index in [0.29, 0.717) is 0 Å². The van der Waals surface area contributed by atoms with Gasteiger partial charge in [0, 0.05) is 0 Å². The van der Waals surface area contributed by atoms with Crippen LogP contribution in [0.15, 0.2) is 44.4 Å². The highest BCUT2D eigenvalue weighted by Gasteiger charge is 2.07. The molecule has 1 rings (SSSR count). The second-order valence-electron chi connectivity index (χ2n) is 3.60. The third kappa shape index (κ3) is 4.52. The third-order valence-corrected chi connectivity index (χ3v) is 3.33. The summed E-state index contributed by atoms with van der Waals surface area (Å²) < 4.78 is 2.47. The maximum Gasteiger partial charge on any atom is -0.00460 e. The Kier molecular flexibility index (Phi) is 5.62. The minimum Gasteiger partial charge on any atom is -0.0613 e. The van der Waals surface area contributed by atoms with Crippen LogP contribution in [-0.4, -0.2) is 0 Å². The van der Waals surface area contributed by atoms with Gasteiger partial charge in [0.25, 0.3) is 0 Å². The molecule has 0 saturated carbocycles. The number of rotatable bonds is 3. The molecule has 82 valence electrons. The topological polar surface area (TPSA) is 0 Å². The summed E-state index contributed by atoms with van der Waals surface area (Å²) in [4.78, 5) is 0. The highest BCUT2D eigenvalue weighted by molar-refractivity contribution is 9.12. The number of allylic oxidation sites excluding steroid dienone is 8. The van der Waals surface area contributed by atoms with Gasteiger partial charge in [-0.2, -0.15) is 0 Å². The summed E-state index contributed by atoms with van der Waals surface area (Å²) >= 11 is 6.97. The summed E-state index contributed by atoms with van der Waals surface area (Å²) in [5.41, 5.74) is 2.90. The summed E-state index contributed by atoms with van der Waals surface area (Å²) in [5.74, 6) is 0. The number of hydrogen-bond donors (Lipinski definition) is 0. The van der Waals surface area contributed by atoms with E-state index in [-0.39, 0.29) is 0 Å². The Hall–Kier alpha value is -0.0800. The molecule has 0 aromatic carbocycles. The molecule has 0 heterocycles. The molecule has 0 nitrogen and oxygen atoms in total. The van der Waals surface area contributed by atoms with Crippen LogP contribution >= 0.6 is 31.9 Å². The molecule has 0 N–H and O–H groups in total. The second-order valence-corrected chi connectivity index (χ2v) is 5.87. The molecular formula is C13H16Br2. The SMILES string of the molecule is CC/C(=C\C=C(/C)Br)C1=CC=C(Br)CC1. The van der Waals surface area contributed by atoms with Gasteiger partial charge in [0.2, 0.25) is 0 Å². The average Bonchev–Trinajstić information content (AvgIpc) is 2.21. The van der Waals surface area contributed by atoms with Crippen LogP contribution in [0.3, 0.4) is 0 Å². The molecule has 0 fully saturated rings. The standard InChI is InChI=1S/C13H16Br2/c1-3-11(5-4-10(2)14)12-6-8-13(15)9-7-12/h4-6,8H,3,7,9H2,1-2H3/b10-4+,11-5+. The van der Waals surface area contributed by atoms with Gasteiger partial charge in [-0.25, -0.2) is 0 Å². The monoisotopic (exact) mass is 330 g/mol. The average molecular weight is 332 g/mol. The van der Waals surface area contributed by atoms with E-state index in [4.69, 9.17) is 0 Å². The van der Waals surface area contributed by atoms with E-state index in [1.54, 1.807) is 0 Å². The quantitative estimate of drug-likeness (QED) is 0.589. The van der Waals surface area contributed by atoms with Gasteiger partial charge >= 0.3 is 0 Å². The molecule has 2 heteroatoms. The van der Waals surface area contributed by atoms with Crippen molar-refractivity contribution in [3.63, 3.8) is 0 Å². The Bertz CT molecular complexity index is 340. The number of halogens is 2. The van der Waals surface area contributed by atoms with Crippen molar-refractivity contribution in [2.45, 2.75) is 33.1 Å². The van der Waals surface area contributed by atoms with Crippen LogP contribution < -0.4 is 0 Å². The van der Waals surface area contributed by atoms with Crippen LogP contribution in [0.25, 0.3) is 0 Å². The molecule has 0 aliphatic heterocycles. The highest BCUT2D eigenvalue weighted by atomic mass is 79.9. The smallest absolute Gasteiger partial charge is 0.00460 e. The van der Waals surface area contributed by atoms with E-state index >= 15 is 0 Å². The van der Waals surface area contributed by atoms with Crippen LogP contribution in [-0.2, 0) is 0 Å². The lowest BCUT2D eigenvalue weighted by atomic mass is 9.95. The van der Waals surface area contributed by atoms with Crippen LogP contribution in [0, 0.1) is 0 Å². The minimum absolute atomic E-state index is 1.09. The molecule has 0 atom stereocenters. The van der Waals surface area contributed by atoms with E-state index in [2.05, 4.69) is 70.0 Å². The molecule has 0 unspecified atom stereocenters. The first kappa shape index (κ1) is 13.0. The fourth-order valence-corrected chi connectivity index (χ4v) is 2.01. The molecule has 0 radical (unpaired) electrons. The number of hydrogen-bond acceptors (Lipinski definition) is 0. The van der Waals surface area contributed by atoms with Crippen molar-refractivity contribution in [1.82, 2.24) is 0 Å². The van der Waals surface area contributed by atoms with Crippen molar-refractivity contribution >= 4 is 31.9 Å². The molecule has 0 spiro atoms. The molecule has 1 aliphatic rings. The highest BCUT2D eigenvalue weighted by Crippen LogP contribution is 2.28. The largest absolute Gasteiger partial charge is 0.0613 e. The van der Waals surface area contributed by atoms with Gasteiger partial charge < -0.3 is 0 Å². The summed E-state index contributed by atoms with van der Waals surface area (Å²) in [6, 6.07) is 0. The second kappa shape index (κ2) is 6.49. The molecule has 0 bridgehead atoms. The predicted octanol–water partition coefficient (Wildman–Crippen LogP) is 5.62. The van der Waals surface area contributed by atoms with Crippen LogP contribution in [0.5, 0.6) is 0 Å². The van der Waals surface area contributed by atoms with E-state index < -0.39 is 0 Å². The first-order chi connectivity index (χ1) is 7.13. The Morgan fingerprint density at radius 1 is 1.33 bits per heavy atom. The lowest BCUT2D eigenvalue weighted by molar-refractivity contribution is 0.932. The first-order valence-corrected chi connectivity index (χ1v) is 6.80. The maximum absolute atomic E-state index is 3.53. The molecule has 15 heavy (non-hydrogen) atoms. The molecule has 0 saturated heterocycles. The Labute approximate surface area is 109 Å². The fraction of sp³-hybridized carbons (Fsp3) is 0.385. The van der Waals surface area contributed by atoms with Crippen molar-refractivity contribution in [2.24, 2.45) is 0 Å². The van der Waals surface area contributed by atoms with Gasteiger partial charge in [-0.05, 0) is 46.3 Å². The van der Waals surface area contributed by atoms with E-state index in [0.717, 1.165) is 19.3 Å². The lowest BCUT2D eigenvalue weighted by Gasteiger charge is -2.13. The summed E-state index contributed by atoms with van der Waals surface area (Å²) in [7, 11) is 0. The van der Waals surface area contributed by atoms with Gasteiger partial charge in [-0.3, -0.25) is 0 Å². The molecule has 0 aromatic rings. The van der Waals surface area contributed by atoms with Crippen molar-refractivity contribution in [1.29, 1.82) is 0 Å². The van der Waals surface area contributed by atoms with Gasteiger partial charge in [0.15, 0.2) is 0 Å². The van der Waals surface area contributed by atoms with E-state index in [9.17, 15) is 0 Å². The Balaban J connectivity index is 2.85. The predicted molar refractivity (Wildman–Crippen MR) is 75.4 cm³/mol. The van der Waals surface area contributed by atoms with Crippen molar-refractivity contribution in [3.05, 3.63) is 44.4 Å². The van der Waals surface area contributed by atoms with Crippen LogP contribution in [0.2, 0.25) is 0 Å². The van der Waals surface area contributed by atoms with Gasteiger partial charge in [-0.1, -0.05) is 63.1 Å². The Morgan fingerprint density at radius 3 is 2.53 bits per heavy atom. The van der Waals surface area contributed by atoms with Gasteiger partial charge in [-0.15, -0.1) is 0 Å². The molecule has 0 amide bonds. The van der Waals surface area contributed by atoms with Crippen LogP contribution in [0.1, 0.15) is 33.1 Å². The third-order valence-electron chi connectivity index (χ3n) is 2.41. The normalized spacial score (nSPS) is 18.7. The summed E-state index contributed by atoms with van der Waals surface area (Å²) in [6.45, 7) is 4.26. The summed E-state index contributed by atoms with van der Waals surface area (Å²) in [6.07, 6.45) is 12.1.